The van der Waals surface area contributed by atoms with Crippen molar-refractivity contribution in [3.8, 4) is 0 Å². The Morgan fingerprint density at radius 2 is 1.23 bits per heavy atom. The standard InChI is InChI=1S/C12H25.Sn/c1-4-7-10-12(9-6-3)11-8-5-2;/h4-11H2,1-3H3;. The van der Waals surface area contributed by atoms with Gasteiger partial charge < -0.3 is 0 Å². The van der Waals surface area contributed by atoms with Crippen molar-refractivity contribution in [2.75, 3.05) is 0 Å². The Kier molecular flexibility index (Phi) is 8.64. The molecule has 0 atom stereocenters. The minimum absolute atomic E-state index is 0.744. The molecule has 0 fully saturated rings. The third-order valence-electron chi connectivity index (χ3n) is 2.75. The van der Waals surface area contributed by atoms with Crippen molar-refractivity contribution in [2.24, 2.45) is 0 Å². The van der Waals surface area contributed by atoms with E-state index in [4.69, 9.17) is 0 Å². The molecule has 0 rings (SSSR count). The number of hydrogen-bond donors (Lipinski definition) is 0. The van der Waals surface area contributed by atoms with Crippen LogP contribution in [0.5, 0.6) is 0 Å². The molecule has 0 aromatic rings. The fraction of sp³-hybridized carbons (Fsp3) is 1.00. The molecule has 13 heavy (non-hydrogen) atoms. The zero-order chi connectivity index (χ0) is 10.2. The average molecular weight is 288 g/mol. The molecular formula is C12H25Sn. The van der Waals surface area contributed by atoms with E-state index in [-0.39, 0.29) is 0 Å². The molecule has 0 aliphatic carbocycles. The van der Waals surface area contributed by atoms with Gasteiger partial charge in [-0.1, -0.05) is 0 Å². The molecule has 3 radical (unpaired) electrons. The Morgan fingerprint density at radius 1 is 0.769 bits per heavy atom. The summed E-state index contributed by atoms with van der Waals surface area (Å²) in [6, 6.07) is 0. The molecule has 0 saturated carbocycles. The molecule has 0 aliphatic heterocycles. The summed E-state index contributed by atoms with van der Waals surface area (Å²) in [7, 11) is 0. The van der Waals surface area contributed by atoms with Crippen LogP contribution in [0.4, 0.5) is 0 Å². The first-order chi connectivity index (χ1) is 6.18. The van der Waals surface area contributed by atoms with Crippen LogP contribution in [0, 0.1) is 0 Å². The van der Waals surface area contributed by atoms with Gasteiger partial charge in [-0.2, -0.15) is 0 Å². The number of hydrogen-bond acceptors (Lipinski definition) is 0. The summed E-state index contributed by atoms with van der Waals surface area (Å²) < 4.78 is 0.744. The normalized spacial score (nSPS) is 12.0. The van der Waals surface area contributed by atoms with Crippen molar-refractivity contribution in [3.05, 3.63) is 0 Å². The zero-order valence-electron chi connectivity index (χ0n) is 9.66. The predicted octanol–water partition coefficient (Wildman–Crippen LogP) is 4.49. The fourth-order valence-corrected chi connectivity index (χ4v) is 3.61. The summed E-state index contributed by atoms with van der Waals surface area (Å²) in [5.74, 6) is 0. The van der Waals surface area contributed by atoms with Gasteiger partial charge in [0.2, 0.25) is 0 Å². The third kappa shape index (κ3) is 6.81. The van der Waals surface area contributed by atoms with E-state index in [0.717, 1.165) is 3.43 Å². The van der Waals surface area contributed by atoms with Crippen molar-refractivity contribution >= 4 is 22.5 Å². The molecule has 0 nitrogen and oxygen atoms in total. The second kappa shape index (κ2) is 8.14. The van der Waals surface area contributed by atoms with Crippen LogP contribution < -0.4 is 0 Å². The van der Waals surface area contributed by atoms with Crippen molar-refractivity contribution in [1.29, 1.82) is 0 Å². The van der Waals surface area contributed by atoms with Gasteiger partial charge in [-0.25, -0.2) is 0 Å². The van der Waals surface area contributed by atoms with Gasteiger partial charge in [0.05, 0.1) is 0 Å². The van der Waals surface area contributed by atoms with Gasteiger partial charge >= 0.3 is 98.1 Å². The molecule has 1 heteroatoms. The predicted molar refractivity (Wildman–Crippen MR) is 62.4 cm³/mol. The van der Waals surface area contributed by atoms with Crippen LogP contribution in [0.1, 0.15) is 72.1 Å². The quantitative estimate of drug-likeness (QED) is 0.577. The Bertz CT molecular complexity index is 102. The second-order valence-electron chi connectivity index (χ2n) is 4.24. The summed E-state index contributed by atoms with van der Waals surface area (Å²) in [5, 5.41) is 0. The van der Waals surface area contributed by atoms with Crippen molar-refractivity contribution in [3.63, 3.8) is 0 Å². The molecule has 0 spiro atoms. The first-order valence-electron chi connectivity index (χ1n) is 5.93. The van der Waals surface area contributed by atoms with E-state index in [2.05, 4.69) is 20.8 Å². The van der Waals surface area contributed by atoms with Gasteiger partial charge in [-0.15, -0.1) is 0 Å². The Labute approximate surface area is 98.0 Å². The fourth-order valence-electron chi connectivity index (χ4n) is 1.88. The minimum atomic E-state index is 0.744. The van der Waals surface area contributed by atoms with E-state index >= 15 is 0 Å². The van der Waals surface area contributed by atoms with Crippen LogP contribution in [0.25, 0.3) is 0 Å². The third-order valence-corrected chi connectivity index (χ3v) is 4.89. The maximum atomic E-state index is 2.33. The second-order valence-corrected chi connectivity index (χ2v) is 7.26. The summed E-state index contributed by atoms with van der Waals surface area (Å²) in [6.45, 7) is 6.95. The molecule has 0 saturated heterocycles. The Morgan fingerprint density at radius 3 is 1.54 bits per heavy atom. The molecule has 0 aliphatic rings. The summed E-state index contributed by atoms with van der Waals surface area (Å²) in [6.07, 6.45) is 11.4. The van der Waals surface area contributed by atoms with Crippen LogP contribution in [-0.2, 0) is 0 Å². The van der Waals surface area contributed by atoms with Crippen LogP contribution >= 0.6 is 0 Å². The van der Waals surface area contributed by atoms with Crippen LogP contribution in [0.3, 0.4) is 0 Å². The SMILES string of the molecule is CCCC[C]([Sn])(CCC)CCCC. The summed E-state index contributed by atoms with van der Waals surface area (Å²) in [5.41, 5.74) is 0. The molecule has 0 aromatic heterocycles. The van der Waals surface area contributed by atoms with Crippen molar-refractivity contribution in [1.82, 2.24) is 0 Å². The Balaban J connectivity index is 3.84. The van der Waals surface area contributed by atoms with Gasteiger partial charge in [-0.3, -0.25) is 0 Å². The maximum absolute atomic E-state index is 2.33. The van der Waals surface area contributed by atoms with Crippen LogP contribution in [0.15, 0.2) is 0 Å². The topological polar surface area (TPSA) is 0 Å². The number of unbranched alkanes of at least 4 members (excludes halogenated alkanes) is 2. The Hall–Kier alpha value is 0.799. The zero-order valence-corrected chi connectivity index (χ0v) is 12.5. The van der Waals surface area contributed by atoms with E-state index < -0.39 is 0 Å². The van der Waals surface area contributed by atoms with E-state index in [1.54, 1.807) is 22.5 Å². The molecule has 0 bridgehead atoms. The molecule has 0 amide bonds. The summed E-state index contributed by atoms with van der Waals surface area (Å²) in [4.78, 5) is 0. The van der Waals surface area contributed by atoms with E-state index in [1.807, 2.05) is 0 Å². The van der Waals surface area contributed by atoms with Gasteiger partial charge in [0.1, 0.15) is 0 Å². The molecule has 0 aromatic carbocycles. The first kappa shape index (κ1) is 13.8. The first-order valence-corrected chi connectivity index (χ1v) is 7.36. The van der Waals surface area contributed by atoms with Crippen molar-refractivity contribution in [2.45, 2.75) is 75.6 Å². The monoisotopic (exact) mass is 289 g/mol. The molecule has 0 N–H and O–H groups in total. The molecular weight excluding hydrogens is 263 g/mol. The van der Waals surface area contributed by atoms with E-state index in [0.29, 0.717) is 0 Å². The molecule has 77 valence electrons. The van der Waals surface area contributed by atoms with E-state index in [9.17, 15) is 0 Å². The van der Waals surface area contributed by atoms with Crippen molar-refractivity contribution < 1.29 is 0 Å². The van der Waals surface area contributed by atoms with E-state index in [1.165, 1.54) is 51.4 Å². The van der Waals surface area contributed by atoms with Gasteiger partial charge in [0.15, 0.2) is 0 Å². The van der Waals surface area contributed by atoms with Crippen LogP contribution in [0.2, 0.25) is 3.43 Å². The average Bonchev–Trinajstić information content (AvgIpc) is 2.12. The van der Waals surface area contributed by atoms with Gasteiger partial charge in [-0.05, 0) is 0 Å². The van der Waals surface area contributed by atoms with Crippen LogP contribution in [-0.4, -0.2) is 22.5 Å². The summed E-state index contributed by atoms with van der Waals surface area (Å²) >= 11 is 1.79. The van der Waals surface area contributed by atoms with Gasteiger partial charge in [0, 0.05) is 0 Å². The number of rotatable bonds is 8. The van der Waals surface area contributed by atoms with Gasteiger partial charge in [0.25, 0.3) is 0 Å². The molecule has 0 unspecified atom stereocenters. The molecule has 0 heterocycles.